The van der Waals surface area contributed by atoms with Crippen LogP contribution in [0.4, 0.5) is 0 Å². The SMILES string of the molecule is COc1cccc(-c2nnc(-c3ccccc3Br)o2)c1OC. The maximum atomic E-state index is 5.79. The molecule has 6 heteroatoms. The minimum absolute atomic E-state index is 0.376. The summed E-state index contributed by atoms with van der Waals surface area (Å²) >= 11 is 3.48. The zero-order valence-electron chi connectivity index (χ0n) is 12.0. The molecule has 0 aliphatic heterocycles. The van der Waals surface area contributed by atoms with Crippen LogP contribution in [0.3, 0.4) is 0 Å². The third-order valence-corrected chi connectivity index (χ3v) is 3.85. The van der Waals surface area contributed by atoms with Crippen molar-refractivity contribution >= 4 is 15.9 Å². The van der Waals surface area contributed by atoms with E-state index in [1.807, 2.05) is 42.5 Å². The Hall–Kier alpha value is -2.34. The van der Waals surface area contributed by atoms with E-state index in [9.17, 15) is 0 Å². The second-order valence-corrected chi connectivity index (χ2v) is 5.29. The molecule has 22 heavy (non-hydrogen) atoms. The summed E-state index contributed by atoms with van der Waals surface area (Å²) in [5.74, 6) is 1.99. The lowest BCUT2D eigenvalue weighted by Crippen LogP contribution is -1.93. The molecule has 0 saturated heterocycles. The van der Waals surface area contributed by atoms with Crippen molar-refractivity contribution in [2.45, 2.75) is 0 Å². The third kappa shape index (κ3) is 2.57. The fourth-order valence-corrected chi connectivity index (χ4v) is 2.59. The van der Waals surface area contributed by atoms with Gasteiger partial charge in [0.15, 0.2) is 11.5 Å². The predicted octanol–water partition coefficient (Wildman–Crippen LogP) is 4.18. The van der Waals surface area contributed by atoms with Crippen molar-refractivity contribution in [3.05, 3.63) is 46.9 Å². The quantitative estimate of drug-likeness (QED) is 0.698. The van der Waals surface area contributed by atoms with E-state index < -0.39 is 0 Å². The Morgan fingerprint density at radius 2 is 1.55 bits per heavy atom. The molecule has 0 aliphatic rings. The number of rotatable bonds is 4. The summed E-state index contributed by atoms with van der Waals surface area (Å²) in [7, 11) is 3.16. The van der Waals surface area contributed by atoms with Crippen LogP contribution in [0.15, 0.2) is 51.4 Å². The number of hydrogen-bond donors (Lipinski definition) is 0. The molecular formula is C16H13BrN2O3. The Morgan fingerprint density at radius 1 is 0.864 bits per heavy atom. The first kappa shape index (κ1) is 14.6. The van der Waals surface area contributed by atoms with Gasteiger partial charge in [0.2, 0.25) is 5.89 Å². The third-order valence-electron chi connectivity index (χ3n) is 3.16. The maximum absolute atomic E-state index is 5.79. The summed E-state index contributed by atoms with van der Waals surface area (Å²) in [6, 6.07) is 13.2. The van der Waals surface area contributed by atoms with E-state index in [0.717, 1.165) is 10.0 Å². The highest BCUT2D eigenvalue weighted by Gasteiger charge is 2.18. The van der Waals surface area contributed by atoms with Crippen LogP contribution in [0.25, 0.3) is 22.9 Å². The van der Waals surface area contributed by atoms with Crippen LogP contribution in [-0.2, 0) is 0 Å². The van der Waals surface area contributed by atoms with E-state index in [1.54, 1.807) is 14.2 Å². The summed E-state index contributed by atoms with van der Waals surface area (Å²) in [6.45, 7) is 0. The van der Waals surface area contributed by atoms with Gasteiger partial charge in [-0.05, 0) is 40.2 Å². The van der Waals surface area contributed by atoms with Crippen molar-refractivity contribution in [2.24, 2.45) is 0 Å². The molecule has 3 rings (SSSR count). The molecule has 0 atom stereocenters. The van der Waals surface area contributed by atoms with Crippen molar-refractivity contribution in [2.75, 3.05) is 14.2 Å². The van der Waals surface area contributed by atoms with Gasteiger partial charge in [-0.2, -0.15) is 0 Å². The lowest BCUT2D eigenvalue weighted by molar-refractivity contribution is 0.355. The van der Waals surface area contributed by atoms with Crippen LogP contribution in [0.5, 0.6) is 11.5 Å². The summed E-state index contributed by atoms with van der Waals surface area (Å²) in [6.07, 6.45) is 0. The van der Waals surface area contributed by atoms with Crippen LogP contribution in [0.2, 0.25) is 0 Å². The van der Waals surface area contributed by atoms with Crippen molar-refractivity contribution in [3.63, 3.8) is 0 Å². The topological polar surface area (TPSA) is 57.4 Å². The lowest BCUT2D eigenvalue weighted by Gasteiger charge is -2.09. The minimum Gasteiger partial charge on any atom is -0.493 e. The summed E-state index contributed by atoms with van der Waals surface area (Å²) in [4.78, 5) is 0. The van der Waals surface area contributed by atoms with Gasteiger partial charge in [0, 0.05) is 4.47 Å². The fraction of sp³-hybridized carbons (Fsp3) is 0.125. The second-order valence-electron chi connectivity index (χ2n) is 4.43. The van der Waals surface area contributed by atoms with Gasteiger partial charge in [-0.3, -0.25) is 0 Å². The Kier molecular flexibility index (Phi) is 4.11. The van der Waals surface area contributed by atoms with Crippen LogP contribution in [0, 0.1) is 0 Å². The first-order valence-corrected chi connectivity index (χ1v) is 7.33. The zero-order chi connectivity index (χ0) is 15.5. The number of halogens is 1. The van der Waals surface area contributed by atoms with Crippen molar-refractivity contribution in [1.82, 2.24) is 10.2 Å². The summed E-state index contributed by atoms with van der Waals surface area (Å²) < 4.78 is 17.4. The monoisotopic (exact) mass is 360 g/mol. The van der Waals surface area contributed by atoms with Gasteiger partial charge in [-0.15, -0.1) is 10.2 Å². The van der Waals surface area contributed by atoms with E-state index in [4.69, 9.17) is 13.9 Å². The molecule has 0 amide bonds. The molecule has 0 saturated carbocycles. The van der Waals surface area contributed by atoms with Gasteiger partial charge in [0.05, 0.1) is 25.3 Å². The van der Waals surface area contributed by atoms with Gasteiger partial charge >= 0.3 is 0 Å². The standard InChI is InChI=1S/C16H13BrN2O3/c1-20-13-9-5-7-11(14(13)21-2)16-19-18-15(22-16)10-6-3-4-8-12(10)17/h3-9H,1-2H3. The Morgan fingerprint density at radius 3 is 2.23 bits per heavy atom. The number of ether oxygens (including phenoxy) is 2. The highest BCUT2D eigenvalue weighted by Crippen LogP contribution is 2.38. The van der Waals surface area contributed by atoms with Gasteiger partial charge in [0.1, 0.15) is 0 Å². The van der Waals surface area contributed by atoms with Gasteiger partial charge in [0.25, 0.3) is 5.89 Å². The second kappa shape index (κ2) is 6.19. The van der Waals surface area contributed by atoms with Gasteiger partial charge in [-0.25, -0.2) is 0 Å². The normalized spacial score (nSPS) is 10.5. The molecule has 0 aliphatic carbocycles. The molecule has 0 spiro atoms. The molecule has 0 bridgehead atoms. The van der Waals surface area contributed by atoms with Gasteiger partial charge < -0.3 is 13.9 Å². The number of nitrogens with zero attached hydrogens (tertiary/aromatic N) is 2. The smallest absolute Gasteiger partial charge is 0.252 e. The van der Waals surface area contributed by atoms with Gasteiger partial charge in [-0.1, -0.05) is 18.2 Å². The molecule has 2 aromatic carbocycles. The minimum atomic E-state index is 0.376. The average molecular weight is 361 g/mol. The van der Waals surface area contributed by atoms with E-state index in [0.29, 0.717) is 28.8 Å². The number of aromatic nitrogens is 2. The fourth-order valence-electron chi connectivity index (χ4n) is 2.13. The zero-order valence-corrected chi connectivity index (χ0v) is 13.6. The molecule has 3 aromatic rings. The number of methoxy groups -OCH3 is 2. The molecule has 0 unspecified atom stereocenters. The Bertz CT molecular complexity index is 802. The van der Waals surface area contributed by atoms with Crippen LogP contribution in [-0.4, -0.2) is 24.4 Å². The van der Waals surface area contributed by atoms with E-state index in [2.05, 4.69) is 26.1 Å². The van der Waals surface area contributed by atoms with Crippen LogP contribution in [0.1, 0.15) is 0 Å². The molecular weight excluding hydrogens is 348 g/mol. The summed E-state index contributed by atoms with van der Waals surface area (Å²) in [5.41, 5.74) is 1.52. The highest BCUT2D eigenvalue weighted by molar-refractivity contribution is 9.10. The average Bonchev–Trinajstić information content (AvgIpc) is 3.04. The maximum Gasteiger partial charge on any atom is 0.252 e. The molecule has 1 heterocycles. The van der Waals surface area contributed by atoms with Crippen molar-refractivity contribution in [3.8, 4) is 34.4 Å². The largest absolute Gasteiger partial charge is 0.493 e. The molecule has 5 nitrogen and oxygen atoms in total. The number of benzene rings is 2. The Labute approximate surface area is 136 Å². The van der Waals surface area contributed by atoms with Crippen molar-refractivity contribution in [1.29, 1.82) is 0 Å². The number of hydrogen-bond acceptors (Lipinski definition) is 5. The molecule has 0 fully saturated rings. The van der Waals surface area contributed by atoms with E-state index in [1.165, 1.54) is 0 Å². The lowest BCUT2D eigenvalue weighted by atomic mass is 10.2. The molecule has 0 radical (unpaired) electrons. The first-order valence-electron chi connectivity index (χ1n) is 6.54. The number of para-hydroxylation sites is 1. The highest BCUT2D eigenvalue weighted by atomic mass is 79.9. The first-order chi connectivity index (χ1) is 10.7. The van der Waals surface area contributed by atoms with Crippen molar-refractivity contribution < 1.29 is 13.9 Å². The molecule has 112 valence electrons. The van der Waals surface area contributed by atoms with E-state index in [-0.39, 0.29) is 0 Å². The van der Waals surface area contributed by atoms with E-state index >= 15 is 0 Å². The molecule has 0 N–H and O–H groups in total. The predicted molar refractivity (Wildman–Crippen MR) is 86.0 cm³/mol. The van der Waals surface area contributed by atoms with Crippen LogP contribution >= 0.6 is 15.9 Å². The molecule has 1 aromatic heterocycles. The Balaban J connectivity index is 2.07. The summed E-state index contributed by atoms with van der Waals surface area (Å²) in [5, 5.41) is 8.23. The van der Waals surface area contributed by atoms with Crippen LogP contribution < -0.4 is 9.47 Å².